The normalized spacial score (nSPS) is 15.4. The maximum atomic E-state index is 12.6. The van der Waals surface area contributed by atoms with Crippen LogP contribution in [0.3, 0.4) is 0 Å². The standard InChI is InChI=1S/C21H20O6/c1-4-26-21(23)19-18(20(22)25-3)17(13-9-11-14(24-2)12-10-13)15-7-5-6-8-16(15)27-19/h5-12,19H,4H2,1-3H3/t19-/m0/s1. The number of fused-ring (bicyclic) bond motifs is 1. The molecule has 3 rings (SSSR count). The van der Waals surface area contributed by atoms with Gasteiger partial charge in [0.1, 0.15) is 11.5 Å². The van der Waals surface area contributed by atoms with Gasteiger partial charge >= 0.3 is 11.9 Å². The molecular formula is C21H20O6. The van der Waals surface area contributed by atoms with Crippen LogP contribution in [-0.4, -0.2) is 38.9 Å². The molecular weight excluding hydrogens is 348 g/mol. The maximum Gasteiger partial charge on any atom is 0.352 e. The first-order chi connectivity index (χ1) is 13.1. The van der Waals surface area contributed by atoms with Crippen LogP contribution >= 0.6 is 0 Å². The number of esters is 2. The predicted molar refractivity (Wildman–Crippen MR) is 98.5 cm³/mol. The summed E-state index contributed by atoms with van der Waals surface area (Å²) in [6.07, 6.45) is -1.20. The van der Waals surface area contributed by atoms with E-state index < -0.39 is 18.0 Å². The zero-order chi connectivity index (χ0) is 19.4. The Balaban J connectivity index is 2.26. The second-order valence-corrected chi connectivity index (χ2v) is 5.75. The predicted octanol–water partition coefficient (Wildman–Crippen LogP) is 2.99. The lowest BCUT2D eigenvalue weighted by atomic mass is 9.87. The van der Waals surface area contributed by atoms with E-state index in [4.69, 9.17) is 18.9 Å². The third-order valence-corrected chi connectivity index (χ3v) is 4.22. The third kappa shape index (κ3) is 3.51. The van der Waals surface area contributed by atoms with E-state index in [9.17, 15) is 9.59 Å². The van der Waals surface area contributed by atoms with E-state index in [1.807, 2.05) is 24.3 Å². The number of hydrogen-bond donors (Lipinski definition) is 0. The fourth-order valence-electron chi connectivity index (χ4n) is 3.01. The molecule has 2 aromatic rings. The van der Waals surface area contributed by atoms with Gasteiger partial charge in [-0.1, -0.05) is 30.3 Å². The first-order valence-electron chi connectivity index (χ1n) is 8.50. The second-order valence-electron chi connectivity index (χ2n) is 5.75. The Morgan fingerprint density at radius 2 is 1.74 bits per heavy atom. The Morgan fingerprint density at radius 1 is 1.04 bits per heavy atom. The second kappa shape index (κ2) is 7.95. The van der Waals surface area contributed by atoms with Crippen LogP contribution in [0.15, 0.2) is 54.1 Å². The lowest BCUT2D eigenvalue weighted by molar-refractivity contribution is -0.152. The molecule has 0 aromatic heterocycles. The topological polar surface area (TPSA) is 71.1 Å². The Labute approximate surface area is 157 Å². The van der Waals surface area contributed by atoms with Crippen molar-refractivity contribution < 1.29 is 28.5 Å². The number of carbonyl (C=O) groups excluding carboxylic acids is 2. The highest BCUT2D eigenvalue weighted by atomic mass is 16.6. The van der Waals surface area contributed by atoms with E-state index in [2.05, 4.69) is 0 Å². The molecule has 0 radical (unpaired) electrons. The fourth-order valence-corrected chi connectivity index (χ4v) is 3.01. The highest BCUT2D eigenvalue weighted by Crippen LogP contribution is 2.40. The van der Waals surface area contributed by atoms with Crippen LogP contribution in [0.4, 0.5) is 0 Å². The summed E-state index contributed by atoms with van der Waals surface area (Å²) in [5.41, 5.74) is 2.12. The quantitative estimate of drug-likeness (QED) is 0.756. The summed E-state index contributed by atoms with van der Waals surface area (Å²) in [4.78, 5) is 25.1. The number of rotatable bonds is 5. The molecule has 1 aliphatic heterocycles. The van der Waals surface area contributed by atoms with E-state index in [-0.39, 0.29) is 12.2 Å². The number of para-hydroxylation sites is 1. The van der Waals surface area contributed by atoms with Crippen LogP contribution in [0.25, 0.3) is 5.57 Å². The van der Waals surface area contributed by atoms with Crippen molar-refractivity contribution in [3.8, 4) is 11.5 Å². The maximum absolute atomic E-state index is 12.6. The number of carbonyl (C=O) groups is 2. The van der Waals surface area contributed by atoms with Gasteiger partial charge in [-0.15, -0.1) is 0 Å². The molecule has 0 amide bonds. The molecule has 0 spiro atoms. The highest BCUT2D eigenvalue weighted by Gasteiger charge is 2.39. The van der Waals surface area contributed by atoms with Gasteiger partial charge in [-0.25, -0.2) is 9.59 Å². The van der Waals surface area contributed by atoms with Crippen LogP contribution < -0.4 is 9.47 Å². The summed E-state index contributed by atoms with van der Waals surface area (Å²) >= 11 is 0. The van der Waals surface area contributed by atoms with Crippen LogP contribution in [0.2, 0.25) is 0 Å². The van der Waals surface area contributed by atoms with Gasteiger partial charge in [0, 0.05) is 11.1 Å². The minimum absolute atomic E-state index is 0.111. The number of benzene rings is 2. The SMILES string of the molecule is CCOC(=O)[C@H]1Oc2ccccc2C(c2ccc(OC)cc2)=C1C(=O)OC. The van der Waals surface area contributed by atoms with E-state index in [1.165, 1.54) is 7.11 Å². The van der Waals surface area contributed by atoms with E-state index in [0.717, 1.165) is 5.56 Å². The van der Waals surface area contributed by atoms with Crippen molar-refractivity contribution in [2.45, 2.75) is 13.0 Å². The monoisotopic (exact) mass is 368 g/mol. The smallest absolute Gasteiger partial charge is 0.352 e. The molecule has 0 fully saturated rings. The molecule has 0 saturated heterocycles. The number of hydrogen-bond acceptors (Lipinski definition) is 6. The van der Waals surface area contributed by atoms with Crippen molar-refractivity contribution in [3.05, 3.63) is 65.2 Å². The summed E-state index contributed by atoms with van der Waals surface area (Å²) in [5.74, 6) is -0.109. The van der Waals surface area contributed by atoms with Crippen LogP contribution in [0.1, 0.15) is 18.1 Å². The summed E-state index contributed by atoms with van der Waals surface area (Å²) in [7, 11) is 2.85. The highest BCUT2D eigenvalue weighted by molar-refractivity contribution is 6.08. The number of methoxy groups -OCH3 is 2. The molecule has 27 heavy (non-hydrogen) atoms. The van der Waals surface area contributed by atoms with E-state index in [1.54, 1.807) is 38.3 Å². The lowest BCUT2D eigenvalue weighted by Crippen LogP contribution is -2.38. The van der Waals surface area contributed by atoms with Gasteiger partial charge in [0.25, 0.3) is 0 Å². The van der Waals surface area contributed by atoms with Gasteiger partial charge in [-0.05, 0) is 30.7 Å². The lowest BCUT2D eigenvalue weighted by Gasteiger charge is -2.29. The molecule has 2 aromatic carbocycles. The molecule has 1 heterocycles. The van der Waals surface area contributed by atoms with Gasteiger partial charge in [0.2, 0.25) is 6.10 Å². The summed E-state index contributed by atoms with van der Waals surface area (Å²) < 4.78 is 21.1. The average Bonchev–Trinajstić information content (AvgIpc) is 2.72. The molecule has 140 valence electrons. The number of ether oxygens (including phenoxy) is 4. The molecule has 1 atom stereocenters. The van der Waals surface area contributed by atoms with E-state index in [0.29, 0.717) is 22.6 Å². The molecule has 1 aliphatic rings. The van der Waals surface area contributed by atoms with Gasteiger partial charge in [-0.2, -0.15) is 0 Å². The van der Waals surface area contributed by atoms with Crippen LogP contribution in [0, 0.1) is 0 Å². The Kier molecular flexibility index (Phi) is 5.45. The van der Waals surface area contributed by atoms with Gasteiger partial charge in [-0.3, -0.25) is 0 Å². The average molecular weight is 368 g/mol. The Morgan fingerprint density at radius 3 is 2.37 bits per heavy atom. The molecule has 0 saturated carbocycles. The van der Waals surface area contributed by atoms with Crippen molar-refractivity contribution in [2.24, 2.45) is 0 Å². The Bertz CT molecular complexity index is 882. The first kappa shape index (κ1) is 18.5. The van der Waals surface area contributed by atoms with Gasteiger partial charge in [0.15, 0.2) is 0 Å². The molecule has 0 unspecified atom stereocenters. The summed E-state index contributed by atoms with van der Waals surface area (Å²) in [6, 6.07) is 14.4. The van der Waals surface area contributed by atoms with Crippen molar-refractivity contribution in [2.75, 3.05) is 20.8 Å². The Hall–Kier alpha value is -3.28. The zero-order valence-corrected chi connectivity index (χ0v) is 15.4. The third-order valence-electron chi connectivity index (χ3n) is 4.22. The fraction of sp³-hybridized carbons (Fsp3) is 0.238. The van der Waals surface area contributed by atoms with Crippen molar-refractivity contribution in [1.29, 1.82) is 0 Å². The van der Waals surface area contributed by atoms with Crippen molar-refractivity contribution in [1.82, 2.24) is 0 Å². The summed E-state index contributed by atoms with van der Waals surface area (Å²) in [5, 5.41) is 0. The largest absolute Gasteiger partial charge is 0.497 e. The molecule has 0 aliphatic carbocycles. The van der Waals surface area contributed by atoms with Gasteiger partial charge in [0.05, 0.1) is 26.4 Å². The summed E-state index contributed by atoms with van der Waals surface area (Å²) in [6.45, 7) is 1.87. The minimum Gasteiger partial charge on any atom is -0.497 e. The van der Waals surface area contributed by atoms with Crippen LogP contribution in [-0.2, 0) is 19.1 Å². The van der Waals surface area contributed by atoms with Crippen molar-refractivity contribution in [3.63, 3.8) is 0 Å². The van der Waals surface area contributed by atoms with Crippen LogP contribution in [0.5, 0.6) is 11.5 Å². The minimum atomic E-state index is -1.20. The zero-order valence-electron chi connectivity index (χ0n) is 15.4. The van der Waals surface area contributed by atoms with Gasteiger partial charge < -0.3 is 18.9 Å². The molecule has 0 bridgehead atoms. The first-order valence-corrected chi connectivity index (χ1v) is 8.50. The molecule has 6 nitrogen and oxygen atoms in total. The molecule has 0 N–H and O–H groups in total. The molecule has 6 heteroatoms. The van der Waals surface area contributed by atoms with E-state index >= 15 is 0 Å². The van der Waals surface area contributed by atoms with Crippen molar-refractivity contribution >= 4 is 17.5 Å².